The minimum Gasteiger partial charge on any atom is -0.326 e. The second-order valence-corrected chi connectivity index (χ2v) is 6.88. The Labute approximate surface area is 114 Å². The van der Waals surface area contributed by atoms with Gasteiger partial charge < -0.3 is 5.73 Å². The van der Waals surface area contributed by atoms with Crippen LogP contribution in [0.2, 0.25) is 0 Å². The van der Waals surface area contributed by atoms with Crippen LogP contribution in [0.3, 0.4) is 0 Å². The summed E-state index contributed by atoms with van der Waals surface area (Å²) >= 11 is 0. The van der Waals surface area contributed by atoms with E-state index in [9.17, 15) is 12.8 Å². The van der Waals surface area contributed by atoms with Crippen LogP contribution in [-0.2, 0) is 23.1 Å². The molecule has 1 aromatic carbocycles. The summed E-state index contributed by atoms with van der Waals surface area (Å²) in [5, 5.41) is 0. The predicted molar refractivity (Wildman–Crippen MR) is 74.4 cm³/mol. The quantitative estimate of drug-likeness (QED) is 0.803. The Morgan fingerprint density at radius 3 is 2.58 bits per heavy atom. The third-order valence-electron chi connectivity index (χ3n) is 2.80. The fourth-order valence-corrected chi connectivity index (χ4v) is 2.81. The molecule has 0 aliphatic heterocycles. The van der Waals surface area contributed by atoms with Crippen molar-refractivity contribution in [1.29, 1.82) is 0 Å². The van der Waals surface area contributed by atoms with Gasteiger partial charge in [0.2, 0.25) is 10.0 Å². The molecule has 108 valence electrons. The first-order chi connectivity index (χ1) is 8.84. The van der Waals surface area contributed by atoms with Crippen molar-refractivity contribution in [2.24, 2.45) is 11.7 Å². The second-order valence-electron chi connectivity index (χ2n) is 4.95. The van der Waals surface area contributed by atoms with Crippen molar-refractivity contribution in [1.82, 2.24) is 4.72 Å². The second kappa shape index (κ2) is 6.98. The van der Waals surface area contributed by atoms with E-state index in [2.05, 4.69) is 4.72 Å². The third-order valence-corrected chi connectivity index (χ3v) is 4.16. The summed E-state index contributed by atoms with van der Waals surface area (Å²) in [5.74, 6) is -0.0562. The fraction of sp³-hybridized carbons (Fsp3) is 0.538. The Kier molecular flexibility index (Phi) is 5.90. The largest absolute Gasteiger partial charge is 0.326 e. The van der Waals surface area contributed by atoms with Crippen molar-refractivity contribution >= 4 is 10.0 Å². The highest BCUT2D eigenvalue weighted by Gasteiger charge is 2.12. The molecule has 4 nitrogen and oxygen atoms in total. The predicted octanol–water partition coefficient (Wildman–Crippen LogP) is 1.75. The highest BCUT2D eigenvalue weighted by atomic mass is 32.2. The molecule has 0 aliphatic rings. The molecule has 1 aromatic rings. The highest BCUT2D eigenvalue weighted by molar-refractivity contribution is 7.89. The first-order valence-electron chi connectivity index (χ1n) is 6.29. The normalized spacial score (nSPS) is 12.1. The van der Waals surface area contributed by atoms with E-state index in [0.29, 0.717) is 23.5 Å². The maximum absolute atomic E-state index is 13.6. The molecule has 0 aromatic heterocycles. The van der Waals surface area contributed by atoms with Crippen LogP contribution in [0.15, 0.2) is 18.2 Å². The van der Waals surface area contributed by atoms with Crippen LogP contribution in [0.4, 0.5) is 4.39 Å². The van der Waals surface area contributed by atoms with Crippen molar-refractivity contribution in [2.75, 3.05) is 5.75 Å². The molecule has 0 heterocycles. The van der Waals surface area contributed by atoms with Gasteiger partial charge in [-0.05, 0) is 24.0 Å². The van der Waals surface area contributed by atoms with Gasteiger partial charge in [-0.1, -0.05) is 26.0 Å². The summed E-state index contributed by atoms with van der Waals surface area (Å²) in [6.45, 7) is 4.15. The molecule has 19 heavy (non-hydrogen) atoms. The Hall–Kier alpha value is -0.980. The summed E-state index contributed by atoms with van der Waals surface area (Å²) in [6.07, 6.45) is 0.587. The molecule has 3 N–H and O–H groups in total. The van der Waals surface area contributed by atoms with Crippen molar-refractivity contribution in [3.8, 4) is 0 Å². The monoisotopic (exact) mass is 288 g/mol. The van der Waals surface area contributed by atoms with Crippen molar-refractivity contribution in [2.45, 2.75) is 33.4 Å². The molecule has 0 unspecified atom stereocenters. The SMILES string of the molecule is CC(C)CCS(=O)(=O)NCc1ccc(CN)cc1F. The van der Waals surface area contributed by atoms with Gasteiger partial charge in [0.15, 0.2) is 0 Å². The van der Waals surface area contributed by atoms with E-state index in [0.717, 1.165) is 0 Å². The van der Waals surface area contributed by atoms with E-state index in [1.54, 1.807) is 12.1 Å². The summed E-state index contributed by atoms with van der Waals surface area (Å²) in [4.78, 5) is 0. The molecular formula is C13H21FN2O2S. The zero-order valence-electron chi connectivity index (χ0n) is 11.3. The maximum Gasteiger partial charge on any atom is 0.211 e. The van der Waals surface area contributed by atoms with Gasteiger partial charge in [0.05, 0.1) is 5.75 Å². The molecule has 0 fully saturated rings. The molecule has 6 heteroatoms. The van der Waals surface area contributed by atoms with E-state index in [-0.39, 0.29) is 18.8 Å². The average molecular weight is 288 g/mol. The molecule has 1 rings (SSSR count). The lowest BCUT2D eigenvalue weighted by Gasteiger charge is -2.09. The number of nitrogens with two attached hydrogens (primary N) is 1. The summed E-state index contributed by atoms with van der Waals surface area (Å²) in [5.41, 5.74) is 6.41. The van der Waals surface area contributed by atoms with Gasteiger partial charge >= 0.3 is 0 Å². The van der Waals surface area contributed by atoms with Gasteiger partial charge in [-0.25, -0.2) is 17.5 Å². The van der Waals surface area contributed by atoms with Crippen molar-refractivity contribution < 1.29 is 12.8 Å². The Bertz CT molecular complexity index is 515. The van der Waals surface area contributed by atoms with E-state index in [1.807, 2.05) is 13.8 Å². The number of rotatable bonds is 7. The lowest BCUT2D eigenvalue weighted by molar-refractivity contribution is 0.557. The summed E-state index contributed by atoms with van der Waals surface area (Å²) in [7, 11) is -3.35. The zero-order valence-corrected chi connectivity index (χ0v) is 12.1. The van der Waals surface area contributed by atoms with Crippen LogP contribution in [-0.4, -0.2) is 14.2 Å². The average Bonchev–Trinajstić information content (AvgIpc) is 2.35. The zero-order chi connectivity index (χ0) is 14.5. The van der Waals surface area contributed by atoms with Crippen LogP contribution in [0, 0.1) is 11.7 Å². The van der Waals surface area contributed by atoms with Gasteiger partial charge in [-0.2, -0.15) is 0 Å². The fourth-order valence-electron chi connectivity index (χ4n) is 1.51. The molecule has 0 bridgehead atoms. The van der Waals surface area contributed by atoms with Crippen molar-refractivity contribution in [3.63, 3.8) is 0 Å². The Morgan fingerprint density at radius 2 is 2.05 bits per heavy atom. The van der Waals surface area contributed by atoms with E-state index in [1.165, 1.54) is 6.07 Å². The lowest BCUT2D eigenvalue weighted by Crippen LogP contribution is -2.27. The van der Waals surface area contributed by atoms with E-state index >= 15 is 0 Å². The van der Waals surface area contributed by atoms with Gasteiger partial charge in [-0.3, -0.25) is 0 Å². The number of sulfonamides is 1. The molecule has 0 saturated heterocycles. The smallest absolute Gasteiger partial charge is 0.211 e. The van der Waals surface area contributed by atoms with Gasteiger partial charge in [0, 0.05) is 18.7 Å². The third kappa shape index (κ3) is 5.67. The van der Waals surface area contributed by atoms with Crippen molar-refractivity contribution in [3.05, 3.63) is 35.1 Å². The van der Waals surface area contributed by atoms with Gasteiger partial charge in [0.1, 0.15) is 5.82 Å². The van der Waals surface area contributed by atoms with Crippen LogP contribution < -0.4 is 10.5 Å². The molecular weight excluding hydrogens is 267 g/mol. The van der Waals surface area contributed by atoms with Gasteiger partial charge in [0.25, 0.3) is 0 Å². The van der Waals surface area contributed by atoms with E-state index < -0.39 is 15.8 Å². The van der Waals surface area contributed by atoms with Crippen LogP contribution >= 0.6 is 0 Å². The first-order valence-corrected chi connectivity index (χ1v) is 7.94. The number of hydrogen-bond acceptors (Lipinski definition) is 3. The molecule has 0 aliphatic carbocycles. The summed E-state index contributed by atoms with van der Waals surface area (Å²) < 4.78 is 39.4. The van der Waals surface area contributed by atoms with Gasteiger partial charge in [-0.15, -0.1) is 0 Å². The number of halogens is 1. The minimum atomic E-state index is -3.35. The Morgan fingerprint density at radius 1 is 1.37 bits per heavy atom. The van der Waals surface area contributed by atoms with Crippen LogP contribution in [0.1, 0.15) is 31.4 Å². The standard InChI is InChI=1S/C13H21FN2O2S/c1-10(2)5-6-19(17,18)16-9-12-4-3-11(8-15)7-13(12)14/h3-4,7,10,16H,5-6,8-9,15H2,1-2H3. The first kappa shape index (κ1) is 16.1. The maximum atomic E-state index is 13.6. The molecule has 0 amide bonds. The number of nitrogens with one attached hydrogen (secondary N) is 1. The minimum absolute atomic E-state index is 0.0306. The number of hydrogen-bond donors (Lipinski definition) is 2. The lowest BCUT2D eigenvalue weighted by atomic mass is 10.1. The van der Waals surface area contributed by atoms with E-state index in [4.69, 9.17) is 5.73 Å². The van der Waals surface area contributed by atoms with Crippen LogP contribution in [0.5, 0.6) is 0 Å². The molecule has 0 spiro atoms. The molecule has 0 radical (unpaired) electrons. The topological polar surface area (TPSA) is 72.2 Å². The summed E-state index contributed by atoms with van der Waals surface area (Å²) in [6, 6.07) is 4.58. The highest BCUT2D eigenvalue weighted by Crippen LogP contribution is 2.11. The number of benzene rings is 1. The van der Waals surface area contributed by atoms with Crippen LogP contribution in [0.25, 0.3) is 0 Å². The molecule has 0 atom stereocenters. The Balaban J connectivity index is 2.61. The molecule has 0 saturated carbocycles.